The van der Waals surface area contributed by atoms with Gasteiger partial charge in [-0.05, 0) is 18.9 Å². The Kier molecular flexibility index (Phi) is 3.42. The van der Waals surface area contributed by atoms with Gasteiger partial charge >= 0.3 is 12.0 Å². The van der Waals surface area contributed by atoms with E-state index in [4.69, 9.17) is 21.1 Å². The van der Waals surface area contributed by atoms with Crippen LogP contribution < -0.4 is 10.6 Å². The largest absolute Gasteiger partial charge is 0.481 e. The van der Waals surface area contributed by atoms with Crippen LogP contribution in [0, 0.1) is 0 Å². The summed E-state index contributed by atoms with van der Waals surface area (Å²) in [5, 5.41) is 15.1. The number of benzene rings is 1. The van der Waals surface area contributed by atoms with Crippen molar-refractivity contribution < 1.29 is 19.1 Å². The number of urea groups is 1. The van der Waals surface area contributed by atoms with Gasteiger partial charge in [0.05, 0.1) is 16.2 Å². The van der Waals surface area contributed by atoms with Gasteiger partial charge in [0.15, 0.2) is 5.58 Å². The van der Waals surface area contributed by atoms with Crippen LogP contribution in [0.4, 0.5) is 10.5 Å². The minimum atomic E-state index is -1.01. The number of fused-ring (bicyclic) bond motifs is 4. The molecule has 1 saturated carbocycles. The Morgan fingerprint density at radius 2 is 2.12 bits per heavy atom. The van der Waals surface area contributed by atoms with Crippen LogP contribution in [0.2, 0.25) is 5.02 Å². The number of aromatic nitrogens is 1. The number of carbonyl (C=O) groups is 2. The lowest BCUT2D eigenvalue weighted by Crippen LogP contribution is -2.52. The van der Waals surface area contributed by atoms with Gasteiger partial charge in [-0.1, -0.05) is 30.9 Å². The van der Waals surface area contributed by atoms with Gasteiger partial charge in [-0.25, -0.2) is 9.78 Å². The normalized spacial score (nSPS) is 19.0. The minimum absolute atomic E-state index is 0.129. The molecule has 7 nitrogen and oxygen atoms in total. The number of hydrogen-bond acceptors (Lipinski definition) is 4. The van der Waals surface area contributed by atoms with E-state index in [0.29, 0.717) is 21.8 Å². The van der Waals surface area contributed by atoms with E-state index in [1.807, 2.05) is 0 Å². The van der Waals surface area contributed by atoms with Crippen molar-refractivity contribution in [2.45, 2.75) is 44.1 Å². The molecule has 2 aromatic rings. The van der Waals surface area contributed by atoms with E-state index >= 15 is 0 Å². The quantitative estimate of drug-likeness (QED) is 0.770. The highest BCUT2D eigenvalue weighted by Gasteiger charge is 2.44. The third kappa shape index (κ3) is 2.31. The van der Waals surface area contributed by atoms with Crippen molar-refractivity contribution in [2.24, 2.45) is 0 Å². The predicted octanol–water partition coefficient (Wildman–Crippen LogP) is 3.40. The van der Waals surface area contributed by atoms with Crippen molar-refractivity contribution >= 4 is 40.4 Å². The smallest absolute Gasteiger partial charge is 0.319 e. The molecule has 0 bridgehead atoms. The number of hydrogen-bond donors (Lipinski definition) is 3. The number of rotatable bonds is 2. The highest BCUT2D eigenvalue weighted by Crippen LogP contribution is 2.48. The number of carboxylic acid groups (broad SMARTS) is 1. The van der Waals surface area contributed by atoms with Crippen LogP contribution >= 0.6 is 11.6 Å². The fourth-order valence-corrected chi connectivity index (χ4v) is 4.06. The van der Waals surface area contributed by atoms with E-state index in [2.05, 4.69) is 15.6 Å². The minimum Gasteiger partial charge on any atom is -0.481 e. The molecule has 0 saturated heterocycles. The molecule has 8 heteroatoms. The number of anilines is 1. The SMILES string of the molecule is O=C(O)Cc1nc2cc(Cl)c3c(c2o1)C1(CCCCC1)NC(=O)N3. The van der Waals surface area contributed by atoms with Gasteiger partial charge in [-0.15, -0.1) is 0 Å². The average molecular weight is 350 g/mol. The topological polar surface area (TPSA) is 104 Å². The summed E-state index contributed by atoms with van der Waals surface area (Å²) in [4.78, 5) is 27.3. The summed E-state index contributed by atoms with van der Waals surface area (Å²) >= 11 is 6.36. The van der Waals surface area contributed by atoms with Gasteiger partial charge in [-0.2, -0.15) is 0 Å². The van der Waals surface area contributed by atoms with E-state index in [1.54, 1.807) is 6.07 Å². The molecule has 126 valence electrons. The summed E-state index contributed by atoms with van der Waals surface area (Å²) in [7, 11) is 0. The average Bonchev–Trinajstić information content (AvgIpc) is 2.88. The molecule has 24 heavy (non-hydrogen) atoms. The maximum absolute atomic E-state index is 12.1. The Labute approximate surface area is 142 Å². The van der Waals surface area contributed by atoms with E-state index in [9.17, 15) is 9.59 Å². The summed E-state index contributed by atoms with van der Waals surface area (Å²) in [6.45, 7) is 0. The zero-order valence-corrected chi connectivity index (χ0v) is 13.6. The monoisotopic (exact) mass is 349 g/mol. The first-order valence-corrected chi connectivity index (χ1v) is 8.30. The number of carbonyl (C=O) groups excluding carboxylic acids is 1. The maximum Gasteiger partial charge on any atom is 0.319 e. The Morgan fingerprint density at radius 1 is 1.38 bits per heavy atom. The van der Waals surface area contributed by atoms with E-state index in [-0.39, 0.29) is 18.3 Å². The van der Waals surface area contributed by atoms with Crippen molar-refractivity contribution in [3.05, 3.63) is 22.5 Å². The number of halogens is 1. The number of nitrogens with one attached hydrogen (secondary N) is 2. The standard InChI is InChI=1S/C16H16ClN3O4/c17-8-6-9-14(24-10(18-9)7-11(21)22)12-13(8)19-15(23)20-16(12)4-2-1-3-5-16/h6H,1-5,7H2,(H,21,22)(H2,19,20,23). The Morgan fingerprint density at radius 3 is 2.83 bits per heavy atom. The number of carboxylic acids is 1. The van der Waals surface area contributed by atoms with Crippen LogP contribution in [0.25, 0.3) is 11.1 Å². The first-order valence-electron chi connectivity index (χ1n) is 7.92. The first kappa shape index (κ1) is 15.3. The lowest BCUT2D eigenvalue weighted by Gasteiger charge is -2.42. The second-order valence-corrected chi connectivity index (χ2v) is 6.76. The van der Waals surface area contributed by atoms with Crippen LogP contribution in [-0.4, -0.2) is 22.1 Å². The lowest BCUT2D eigenvalue weighted by molar-refractivity contribution is -0.136. The molecule has 0 atom stereocenters. The van der Waals surface area contributed by atoms with Crippen LogP contribution in [0.5, 0.6) is 0 Å². The zero-order valence-electron chi connectivity index (χ0n) is 12.8. The number of amides is 2. The van der Waals surface area contributed by atoms with Gasteiger partial charge in [-0.3, -0.25) is 4.79 Å². The third-order valence-corrected chi connectivity index (χ3v) is 5.05. The zero-order chi connectivity index (χ0) is 16.9. The van der Waals surface area contributed by atoms with Crippen molar-refractivity contribution in [3.8, 4) is 0 Å². The Balaban J connectivity index is 1.96. The Hall–Kier alpha value is -2.28. The first-order chi connectivity index (χ1) is 11.5. The fourth-order valence-electron chi connectivity index (χ4n) is 3.82. The molecule has 0 unspecified atom stereocenters. The highest BCUT2D eigenvalue weighted by molar-refractivity contribution is 6.35. The molecule has 1 fully saturated rings. The van der Waals surface area contributed by atoms with Crippen LogP contribution in [-0.2, 0) is 16.8 Å². The van der Waals surface area contributed by atoms with Crippen molar-refractivity contribution in [3.63, 3.8) is 0 Å². The van der Waals surface area contributed by atoms with Gasteiger partial charge in [0.2, 0.25) is 5.89 Å². The van der Waals surface area contributed by atoms with Crippen molar-refractivity contribution in [1.29, 1.82) is 0 Å². The molecule has 1 aromatic carbocycles. The molecule has 0 radical (unpaired) electrons. The van der Waals surface area contributed by atoms with Crippen LogP contribution in [0.1, 0.15) is 43.6 Å². The number of aliphatic carboxylic acids is 1. The van der Waals surface area contributed by atoms with E-state index in [1.165, 1.54) is 0 Å². The fraction of sp³-hybridized carbons (Fsp3) is 0.438. The molecule has 2 heterocycles. The van der Waals surface area contributed by atoms with Crippen molar-refractivity contribution in [2.75, 3.05) is 5.32 Å². The molecule has 3 N–H and O–H groups in total. The summed E-state index contributed by atoms with van der Waals surface area (Å²) < 4.78 is 5.75. The third-order valence-electron chi connectivity index (χ3n) is 4.76. The predicted molar refractivity (Wildman–Crippen MR) is 87.3 cm³/mol. The van der Waals surface area contributed by atoms with E-state index < -0.39 is 11.5 Å². The van der Waals surface area contributed by atoms with Gasteiger partial charge in [0.25, 0.3) is 0 Å². The summed E-state index contributed by atoms with van der Waals surface area (Å²) in [6.07, 6.45) is 4.38. The molecular formula is C16H16ClN3O4. The molecule has 1 aromatic heterocycles. The summed E-state index contributed by atoms with van der Waals surface area (Å²) in [6, 6.07) is 1.32. The second-order valence-electron chi connectivity index (χ2n) is 6.36. The summed E-state index contributed by atoms with van der Waals surface area (Å²) in [5.74, 6) is -0.884. The van der Waals surface area contributed by atoms with Gasteiger partial charge in [0.1, 0.15) is 11.9 Å². The molecular weight excluding hydrogens is 334 g/mol. The molecule has 1 aliphatic heterocycles. The summed E-state index contributed by atoms with van der Waals surface area (Å²) in [5.41, 5.74) is 1.79. The van der Waals surface area contributed by atoms with Crippen LogP contribution in [0.3, 0.4) is 0 Å². The second kappa shape index (κ2) is 5.37. The van der Waals surface area contributed by atoms with Gasteiger partial charge in [0, 0.05) is 5.56 Å². The number of nitrogens with zero attached hydrogens (tertiary/aromatic N) is 1. The van der Waals surface area contributed by atoms with Crippen LogP contribution in [0.15, 0.2) is 10.5 Å². The molecule has 1 spiro atoms. The molecule has 2 amide bonds. The Bertz CT molecular complexity index is 855. The molecule has 4 rings (SSSR count). The lowest BCUT2D eigenvalue weighted by atomic mass is 9.74. The molecule has 1 aliphatic carbocycles. The van der Waals surface area contributed by atoms with Gasteiger partial charge < -0.3 is 20.2 Å². The number of oxazole rings is 1. The maximum atomic E-state index is 12.1. The highest BCUT2D eigenvalue weighted by atomic mass is 35.5. The molecule has 2 aliphatic rings. The van der Waals surface area contributed by atoms with Crippen molar-refractivity contribution in [1.82, 2.24) is 10.3 Å². The van der Waals surface area contributed by atoms with E-state index in [0.717, 1.165) is 37.7 Å².